The molecule has 0 saturated carbocycles. The number of carbonyl (C=O) groups excluding carboxylic acids is 2. The molecule has 0 fully saturated rings. The Labute approximate surface area is 164 Å². The van der Waals surface area contributed by atoms with Crippen molar-refractivity contribution in [3.8, 4) is 11.5 Å². The number of imide groups is 1. The van der Waals surface area contributed by atoms with E-state index in [9.17, 15) is 9.59 Å². The average Bonchev–Trinajstić information content (AvgIpc) is 3.15. The second-order valence-electron chi connectivity index (χ2n) is 5.39. The maximum atomic E-state index is 11.9. The van der Waals surface area contributed by atoms with Gasteiger partial charge in [0.2, 0.25) is 11.8 Å². The first-order valence-electron chi connectivity index (χ1n) is 7.94. The minimum absolute atomic E-state index is 0.0318. The number of amides is 3. The molecule has 3 aromatic rings. The highest BCUT2D eigenvalue weighted by molar-refractivity contribution is 7.99. The fourth-order valence-corrected chi connectivity index (χ4v) is 2.87. The van der Waals surface area contributed by atoms with Crippen LogP contribution in [0.5, 0.6) is 0 Å². The van der Waals surface area contributed by atoms with Crippen molar-refractivity contribution in [2.45, 2.75) is 11.8 Å². The minimum Gasteiger partial charge on any atom is -0.411 e. The second kappa shape index (κ2) is 9.20. The van der Waals surface area contributed by atoms with E-state index in [1.807, 2.05) is 30.3 Å². The number of urea groups is 1. The number of rotatable bonds is 6. The molecule has 0 atom stereocenters. The van der Waals surface area contributed by atoms with E-state index < -0.39 is 11.9 Å². The lowest BCUT2D eigenvalue weighted by molar-refractivity contribution is -0.117. The van der Waals surface area contributed by atoms with Crippen molar-refractivity contribution in [2.24, 2.45) is 0 Å². The minimum atomic E-state index is -0.561. The normalized spacial score (nSPS) is 10.4. The van der Waals surface area contributed by atoms with Gasteiger partial charge in [-0.25, -0.2) is 4.79 Å². The second-order valence-corrected chi connectivity index (χ2v) is 6.75. The smallest absolute Gasteiger partial charge is 0.321 e. The Morgan fingerprint density at radius 1 is 1.07 bits per heavy atom. The quantitative estimate of drug-likeness (QED) is 0.612. The van der Waals surface area contributed by atoms with E-state index in [1.54, 1.807) is 24.3 Å². The molecule has 138 valence electrons. The lowest BCUT2D eigenvalue weighted by Gasteiger charge is -2.06. The molecule has 1 heterocycles. The molecule has 7 nitrogen and oxygen atoms in total. The summed E-state index contributed by atoms with van der Waals surface area (Å²) in [7, 11) is 0. The molecule has 9 heteroatoms. The number of carbonyl (C=O) groups is 2. The van der Waals surface area contributed by atoms with Crippen LogP contribution in [0.4, 0.5) is 4.79 Å². The number of benzene rings is 2. The van der Waals surface area contributed by atoms with E-state index >= 15 is 0 Å². The maximum absolute atomic E-state index is 11.9. The molecule has 2 N–H and O–H groups in total. The Kier molecular flexibility index (Phi) is 6.45. The first kappa shape index (κ1) is 18.9. The number of hydrogen-bond acceptors (Lipinski definition) is 6. The van der Waals surface area contributed by atoms with Crippen LogP contribution in [0.1, 0.15) is 5.56 Å². The van der Waals surface area contributed by atoms with Gasteiger partial charge in [0.1, 0.15) is 0 Å². The van der Waals surface area contributed by atoms with Gasteiger partial charge in [0.15, 0.2) is 0 Å². The summed E-state index contributed by atoms with van der Waals surface area (Å²) in [6.07, 6.45) is 0. The molecule has 3 rings (SSSR count). The van der Waals surface area contributed by atoms with Crippen LogP contribution in [0.15, 0.2) is 64.2 Å². The van der Waals surface area contributed by atoms with Crippen molar-refractivity contribution in [1.82, 2.24) is 20.8 Å². The van der Waals surface area contributed by atoms with Crippen LogP contribution in [0, 0.1) is 0 Å². The predicted molar refractivity (Wildman–Crippen MR) is 102 cm³/mol. The van der Waals surface area contributed by atoms with Crippen LogP contribution in [0.2, 0.25) is 5.02 Å². The summed E-state index contributed by atoms with van der Waals surface area (Å²) in [5.41, 5.74) is 1.63. The van der Waals surface area contributed by atoms with Gasteiger partial charge in [0.25, 0.3) is 5.22 Å². The predicted octanol–water partition coefficient (Wildman–Crippen LogP) is 3.51. The van der Waals surface area contributed by atoms with Crippen LogP contribution in [0.25, 0.3) is 11.5 Å². The van der Waals surface area contributed by atoms with Crippen LogP contribution in [-0.4, -0.2) is 27.9 Å². The molecular formula is C18H15ClN4O3S. The summed E-state index contributed by atoms with van der Waals surface area (Å²) in [6, 6.07) is 15.8. The van der Waals surface area contributed by atoms with Gasteiger partial charge >= 0.3 is 6.03 Å². The van der Waals surface area contributed by atoms with E-state index in [0.717, 1.165) is 17.3 Å². The summed E-state index contributed by atoms with van der Waals surface area (Å²) >= 11 is 6.97. The van der Waals surface area contributed by atoms with Gasteiger partial charge in [0.05, 0.1) is 5.75 Å². The number of thioether (sulfide) groups is 1. The Balaban J connectivity index is 1.44. The van der Waals surface area contributed by atoms with E-state index in [4.69, 9.17) is 16.0 Å². The lowest BCUT2D eigenvalue weighted by atomic mass is 10.2. The summed E-state index contributed by atoms with van der Waals surface area (Å²) in [4.78, 5) is 23.6. The molecule has 0 unspecified atom stereocenters. The molecule has 0 aliphatic carbocycles. The fraction of sp³-hybridized carbons (Fsp3) is 0.111. The highest BCUT2D eigenvalue weighted by atomic mass is 35.5. The number of hydrogen-bond donors (Lipinski definition) is 2. The van der Waals surface area contributed by atoms with Crippen molar-refractivity contribution >= 4 is 35.3 Å². The van der Waals surface area contributed by atoms with Crippen molar-refractivity contribution in [3.63, 3.8) is 0 Å². The van der Waals surface area contributed by atoms with Gasteiger partial charge in [-0.15, -0.1) is 10.2 Å². The van der Waals surface area contributed by atoms with Crippen LogP contribution in [-0.2, 0) is 11.3 Å². The van der Waals surface area contributed by atoms with Crippen molar-refractivity contribution in [3.05, 3.63) is 65.2 Å². The largest absolute Gasteiger partial charge is 0.411 e. The highest BCUT2D eigenvalue weighted by Crippen LogP contribution is 2.24. The monoisotopic (exact) mass is 402 g/mol. The van der Waals surface area contributed by atoms with Crippen LogP contribution >= 0.6 is 23.4 Å². The van der Waals surface area contributed by atoms with Crippen LogP contribution < -0.4 is 10.6 Å². The van der Waals surface area contributed by atoms with Gasteiger partial charge < -0.3 is 9.73 Å². The Bertz CT molecular complexity index is 933. The molecule has 0 spiro atoms. The standard InChI is InChI=1S/C18H15ClN4O3S/c19-14-8-4-7-13(9-14)16-22-23-18(26-16)27-11-15(24)21-17(25)20-10-12-5-2-1-3-6-12/h1-9H,10-11H2,(H2,20,21,24,25). The highest BCUT2D eigenvalue weighted by Gasteiger charge is 2.13. The first-order chi connectivity index (χ1) is 13.1. The number of nitrogens with one attached hydrogen (secondary N) is 2. The summed E-state index contributed by atoms with van der Waals surface area (Å²) in [5, 5.41) is 13.4. The van der Waals surface area contributed by atoms with Crippen molar-refractivity contribution in [1.29, 1.82) is 0 Å². The lowest BCUT2D eigenvalue weighted by Crippen LogP contribution is -2.39. The molecule has 0 aliphatic rings. The number of aromatic nitrogens is 2. The Morgan fingerprint density at radius 3 is 2.67 bits per heavy atom. The molecule has 3 amide bonds. The van der Waals surface area contributed by atoms with Gasteiger partial charge in [-0.3, -0.25) is 10.1 Å². The third kappa shape index (κ3) is 5.83. The topological polar surface area (TPSA) is 97.1 Å². The maximum Gasteiger partial charge on any atom is 0.321 e. The molecule has 0 radical (unpaired) electrons. The fourth-order valence-electron chi connectivity index (χ4n) is 2.12. The molecular weight excluding hydrogens is 388 g/mol. The zero-order valence-corrected chi connectivity index (χ0v) is 15.6. The zero-order valence-electron chi connectivity index (χ0n) is 14.0. The van der Waals surface area contributed by atoms with Crippen molar-refractivity contribution in [2.75, 3.05) is 5.75 Å². The van der Waals surface area contributed by atoms with E-state index in [1.165, 1.54) is 0 Å². The van der Waals surface area contributed by atoms with Crippen molar-refractivity contribution < 1.29 is 14.0 Å². The molecule has 1 aromatic heterocycles. The van der Waals surface area contributed by atoms with Gasteiger partial charge in [0, 0.05) is 17.1 Å². The zero-order chi connectivity index (χ0) is 19.1. The average molecular weight is 403 g/mol. The number of halogens is 1. The number of nitrogens with zero attached hydrogens (tertiary/aromatic N) is 2. The van der Waals surface area contributed by atoms with E-state index in [2.05, 4.69) is 20.8 Å². The summed E-state index contributed by atoms with van der Waals surface area (Å²) in [6.45, 7) is 0.333. The summed E-state index contributed by atoms with van der Waals surface area (Å²) < 4.78 is 5.49. The van der Waals surface area contributed by atoms with Gasteiger partial charge in [-0.1, -0.05) is 59.8 Å². The first-order valence-corrected chi connectivity index (χ1v) is 9.30. The van der Waals surface area contributed by atoms with Gasteiger partial charge in [-0.2, -0.15) is 0 Å². The van der Waals surface area contributed by atoms with Gasteiger partial charge in [-0.05, 0) is 23.8 Å². The van der Waals surface area contributed by atoms with E-state index in [-0.39, 0.29) is 11.0 Å². The SMILES string of the molecule is O=C(CSc1nnc(-c2cccc(Cl)c2)o1)NC(=O)NCc1ccccc1. The molecule has 0 saturated heterocycles. The molecule has 0 bridgehead atoms. The Morgan fingerprint density at radius 2 is 1.89 bits per heavy atom. The third-order valence-electron chi connectivity index (χ3n) is 3.35. The van der Waals surface area contributed by atoms with E-state index in [0.29, 0.717) is 23.0 Å². The van der Waals surface area contributed by atoms with Crippen LogP contribution in [0.3, 0.4) is 0 Å². The molecule has 27 heavy (non-hydrogen) atoms. The third-order valence-corrected chi connectivity index (χ3v) is 4.41. The Hall–Kier alpha value is -2.84. The summed E-state index contributed by atoms with van der Waals surface area (Å²) in [5.74, 6) is -0.190. The molecule has 2 aromatic carbocycles. The molecule has 0 aliphatic heterocycles.